The highest BCUT2D eigenvalue weighted by molar-refractivity contribution is 5.97. The number of hydrogen-bond acceptors (Lipinski definition) is 8. The van der Waals surface area contributed by atoms with E-state index in [0.29, 0.717) is 5.92 Å². The molecule has 0 spiro atoms. The van der Waals surface area contributed by atoms with Crippen LogP contribution >= 0.6 is 0 Å². The van der Waals surface area contributed by atoms with Crippen LogP contribution in [0.4, 0.5) is 5.69 Å². The molecule has 10 nitrogen and oxygen atoms in total. The van der Waals surface area contributed by atoms with Gasteiger partial charge in [-0.05, 0) is 104 Å². The highest BCUT2D eigenvalue weighted by Gasteiger charge is 2.44. The average molecular weight is 651 g/mol. The van der Waals surface area contributed by atoms with Crippen LogP contribution in [-0.2, 0) is 26.3 Å². The van der Waals surface area contributed by atoms with Crippen molar-refractivity contribution in [2.24, 2.45) is 0 Å². The van der Waals surface area contributed by atoms with Gasteiger partial charge in [0.05, 0.1) is 12.2 Å². The Kier molecular flexibility index (Phi) is 8.72. The molecule has 0 saturated carbocycles. The van der Waals surface area contributed by atoms with Crippen molar-refractivity contribution < 1.29 is 19.1 Å². The number of carbonyl (C=O) groups excluding carboxylic acids is 2. The normalized spacial score (nSPS) is 23.9. The molecule has 2 N–H and O–H groups in total. The molecule has 252 valence electrons. The van der Waals surface area contributed by atoms with Crippen molar-refractivity contribution in [3.63, 3.8) is 0 Å². The molecular weight excluding hydrogens is 604 g/mol. The Morgan fingerprint density at radius 3 is 2.58 bits per heavy atom. The minimum atomic E-state index is -0.330. The smallest absolute Gasteiger partial charge is 0.302 e. The van der Waals surface area contributed by atoms with Crippen molar-refractivity contribution >= 4 is 23.2 Å². The van der Waals surface area contributed by atoms with Crippen LogP contribution in [-0.4, -0.2) is 57.1 Å². The second-order valence-electron chi connectivity index (χ2n) is 14.7. The van der Waals surface area contributed by atoms with Crippen LogP contribution in [0.1, 0.15) is 106 Å². The van der Waals surface area contributed by atoms with Crippen LogP contribution in [0.2, 0.25) is 0 Å². The first kappa shape index (κ1) is 32.3. The van der Waals surface area contributed by atoms with E-state index in [0.717, 1.165) is 66.3 Å². The van der Waals surface area contributed by atoms with Gasteiger partial charge in [0.25, 0.3) is 0 Å². The number of anilines is 1. The molecule has 0 bridgehead atoms. The molecule has 1 amide bonds. The van der Waals surface area contributed by atoms with Crippen molar-refractivity contribution in [3.05, 3.63) is 88.9 Å². The van der Waals surface area contributed by atoms with Crippen LogP contribution < -0.4 is 15.4 Å². The number of likely N-dealkylation sites (tertiary alicyclic amines) is 1. The molecule has 5 atom stereocenters. The molecule has 7 rings (SSSR count). The molecule has 3 unspecified atom stereocenters. The lowest BCUT2D eigenvalue weighted by Gasteiger charge is -2.32. The fourth-order valence-electron chi connectivity index (χ4n) is 7.42. The number of nitrogens with one attached hydrogen (secondary N) is 2. The Bertz CT molecular complexity index is 1830. The molecule has 2 aromatic heterocycles. The maximum absolute atomic E-state index is 13.4. The number of amides is 1. The van der Waals surface area contributed by atoms with Crippen LogP contribution in [0.5, 0.6) is 5.75 Å². The molecule has 1 aliphatic carbocycles. The minimum Gasteiger partial charge on any atom is -0.484 e. The third-order valence-electron chi connectivity index (χ3n) is 10.1. The Labute approximate surface area is 282 Å². The molecule has 0 radical (unpaired) electrons. The zero-order valence-electron chi connectivity index (χ0n) is 28.5. The number of benzene rings is 2. The molecule has 10 heteroatoms. The van der Waals surface area contributed by atoms with Gasteiger partial charge in [-0.3, -0.25) is 24.2 Å². The van der Waals surface area contributed by atoms with Crippen LogP contribution in [0, 0.1) is 0 Å². The molecule has 3 aliphatic rings. The summed E-state index contributed by atoms with van der Waals surface area (Å²) < 4.78 is 14.0. The average Bonchev–Trinajstić information content (AvgIpc) is 3.51. The molecule has 48 heavy (non-hydrogen) atoms. The van der Waals surface area contributed by atoms with Gasteiger partial charge in [-0.2, -0.15) is 0 Å². The Hall–Kier alpha value is -4.28. The van der Waals surface area contributed by atoms with Crippen LogP contribution in [0.15, 0.2) is 60.8 Å². The fraction of sp³-hybridized carbons (Fsp3) is 0.474. The number of pyridine rings is 1. The van der Waals surface area contributed by atoms with E-state index in [2.05, 4.69) is 82.2 Å². The lowest BCUT2D eigenvalue weighted by atomic mass is 9.78. The van der Waals surface area contributed by atoms with Gasteiger partial charge in [0.2, 0.25) is 5.91 Å². The SMILES string of the molecule is CC(=O)OCc1cc(NC(=O)C2NC2CC2CC[C@@H](Oc3ccc4nnc([C@@H]5CCCN5C)n4c3)c3ccccc32)cc(C(C)(C)C)c1. The second-order valence-corrected chi connectivity index (χ2v) is 14.7. The minimum absolute atomic E-state index is 0.0395. The van der Waals surface area contributed by atoms with Crippen molar-refractivity contribution in [1.29, 1.82) is 0 Å². The molecule has 4 aromatic rings. The van der Waals surface area contributed by atoms with E-state index in [4.69, 9.17) is 9.47 Å². The van der Waals surface area contributed by atoms with Gasteiger partial charge in [-0.15, -0.1) is 10.2 Å². The number of carbonyl (C=O) groups is 2. The first-order chi connectivity index (χ1) is 23.0. The van der Waals surface area contributed by atoms with Crippen LogP contribution in [0.25, 0.3) is 5.65 Å². The fourth-order valence-corrected chi connectivity index (χ4v) is 7.42. The summed E-state index contributed by atoms with van der Waals surface area (Å²) >= 11 is 0. The summed E-state index contributed by atoms with van der Waals surface area (Å²) in [5.74, 6) is 1.75. The molecule has 2 aliphatic heterocycles. The van der Waals surface area contributed by atoms with Crippen molar-refractivity contribution in [1.82, 2.24) is 24.8 Å². The van der Waals surface area contributed by atoms with Gasteiger partial charge in [-0.25, -0.2) is 0 Å². The number of aromatic nitrogens is 3. The monoisotopic (exact) mass is 650 g/mol. The summed E-state index contributed by atoms with van der Waals surface area (Å²) in [6, 6.07) is 18.6. The quantitative estimate of drug-likeness (QED) is 0.162. The van der Waals surface area contributed by atoms with Crippen molar-refractivity contribution in [2.75, 3.05) is 18.9 Å². The molecule has 2 saturated heterocycles. The third kappa shape index (κ3) is 6.82. The first-order valence-corrected chi connectivity index (χ1v) is 17.2. The predicted octanol–water partition coefficient (Wildman–Crippen LogP) is 6.22. The Balaban J connectivity index is 1.01. The molecule has 4 heterocycles. The Morgan fingerprint density at radius 1 is 1.02 bits per heavy atom. The standard InChI is InChI=1S/C38H46N6O4/c1-23(45)47-22-24-17-26(38(2,3)4)20-27(18-24)39-37(46)35-31(40-35)19-25-12-14-33(30-10-7-6-9-29(25)30)48-28-13-15-34-41-42-36(44(34)21-28)32-11-8-16-43(32)5/h6-7,9-10,13,15,17-18,20-21,25,31-33,35,40H,8,11-12,14,16,19,22H2,1-5H3,(H,39,46)/t25?,31?,32-,33+,35?/m0/s1. The lowest BCUT2D eigenvalue weighted by Crippen LogP contribution is -2.23. The van der Waals surface area contributed by atoms with E-state index >= 15 is 0 Å². The predicted molar refractivity (Wildman–Crippen MR) is 184 cm³/mol. The molecule has 2 aromatic carbocycles. The summed E-state index contributed by atoms with van der Waals surface area (Å²) in [5.41, 5.74) is 5.87. The third-order valence-corrected chi connectivity index (χ3v) is 10.1. The highest BCUT2D eigenvalue weighted by atomic mass is 16.5. The largest absolute Gasteiger partial charge is 0.484 e. The highest BCUT2D eigenvalue weighted by Crippen LogP contribution is 2.43. The van der Waals surface area contributed by atoms with Gasteiger partial charge in [-0.1, -0.05) is 51.1 Å². The van der Waals surface area contributed by atoms with E-state index in [1.807, 2.05) is 36.5 Å². The number of hydrogen-bond donors (Lipinski definition) is 2. The number of esters is 1. The summed E-state index contributed by atoms with van der Waals surface area (Å²) in [4.78, 5) is 27.1. The van der Waals surface area contributed by atoms with E-state index in [-0.39, 0.29) is 48.1 Å². The molecular formula is C38H46N6O4. The topological polar surface area (TPSA) is 120 Å². The van der Waals surface area contributed by atoms with Gasteiger partial charge in [0.1, 0.15) is 24.5 Å². The number of ether oxygens (including phenoxy) is 2. The van der Waals surface area contributed by atoms with E-state index in [1.54, 1.807) is 0 Å². The second kappa shape index (κ2) is 13.0. The van der Waals surface area contributed by atoms with Crippen LogP contribution in [0.3, 0.4) is 0 Å². The van der Waals surface area contributed by atoms with E-state index in [1.165, 1.54) is 24.5 Å². The summed E-state index contributed by atoms with van der Waals surface area (Å²) in [5, 5.41) is 15.5. The number of rotatable bonds is 9. The lowest BCUT2D eigenvalue weighted by molar-refractivity contribution is -0.142. The van der Waals surface area contributed by atoms with Gasteiger partial charge >= 0.3 is 5.97 Å². The van der Waals surface area contributed by atoms with Gasteiger partial charge in [0, 0.05) is 18.7 Å². The zero-order chi connectivity index (χ0) is 33.6. The van der Waals surface area contributed by atoms with Gasteiger partial charge in [0.15, 0.2) is 11.5 Å². The Morgan fingerprint density at radius 2 is 1.83 bits per heavy atom. The van der Waals surface area contributed by atoms with Gasteiger partial charge < -0.3 is 14.8 Å². The van der Waals surface area contributed by atoms with E-state index in [9.17, 15) is 9.59 Å². The number of nitrogens with zero attached hydrogens (tertiary/aromatic N) is 4. The summed E-state index contributed by atoms with van der Waals surface area (Å²) in [6.45, 7) is 9.02. The summed E-state index contributed by atoms with van der Waals surface area (Å²) in [6.07, 6.45) is 7.00. The summed E-state index contributed by atoms with van der Waals surface area (Å²) in [7, 11) is 2.15. The van der Waals surface area contributed by atoms with Crippen molar-refractivity contribution in [3.8, 4) is 5.75 Å². The zero-order valence-corrected chi connectivity index (χ0v) is 28.5. The van der Waals surface area contributed by atoms with E-state index < -0.39 is 0 Å². The maximum atomic E-state index is 13.4. The maximum Gasteiger partial charge on any atom is 0.302 e. The molecule has 2 fully saturated rings. The first-order valence-electron chi connectivity index (χ1n) is 17.2. The number of fused-ring (bicyclic) bond motifs is 2. The van der Waals surface area contributed by atoms with Crippen molar-refractivity contribution in [2.45, 2.75) is 102 Å².